The number of rotatable bonds is 4. The molecule has 7 heteroatoms. The highest BCUT2D eigenvalue weighted by Crippen LogP contribution is 2.24. The third-order valence-corrected chi connectivity index (χ3v) is 4.75. The van der Waals surface area contributed by atoms with E-state index >= 15 is 0 Å². The second-order valence-corrected chi connectivity index (χ2v) is 6.65. The molecule has 2 aromatic rings. The van der Waals surface area contributed by atoms with Crippen LogP contribution in [-0.2, 0) is 16.1 Å². The van der Waals surface area contributed by atoms with Gasteiger partial charge < -0.3 is 15.1 Å². The van der Waals surface area contributed by atoms with E-state index in [4.69, 9.17) is 4.42 Å². The van der Waals surface area contributed by atoms with Crippen molar-refractivity contribution >= 4 is 28.5 Å². The maximum Gasteiger partial charge on any atom is 0.336 e. The Morgan fingerprint density at radius 1 is 1.23 bits per heavy atom. The number of nitrogens with one attached hydrogen (secondary N) is 2. The van der Waals surface area contributed by atoms with E-state index in [1.807, 2.05) is 6.07 Å². The van der Waals surface area contributed by atoms with Gasteiger partial charge >= 0.3 is 5.63 Å². The van der Waals surface area contributed by atoms with Crippen LogP contribution >= 0.6 is 0 Å². The highest BCUT2D eigenvalue weighted by Gasteiger charge is 2.24. The molecule has 1 aliphatic rings. The molecule has 0 aliphatic carbocycles. The Morgan fingerprint density at radius 2 is 1.96 bits per heavy atom. The second-order valence-electron chi connectivity index (χ2n) is 6.65. The quantitative estimate of drug-likeness (QED) is 0.813. The van der Waals surface area contributed by atoms with Crippen molar-refractivity contribution in [2.75, 3.05) is 25.5 Å². The molecule has 1 aromatic heterocycles. The first-order chi connectivity index (χ1) is 12.5. The van der Waals surface area contributed by atoms with Crippen LogP contribution < -0.4 is 16.3 Å². The van der Waals surface area contributed by atoms with E-state index in [0.717, 1.165) is 36.9 Å². The Kier molecular flexibility index (Phi) is 5.37. The van der Waals surface area contributed by atoms with Crippen molar-refractivity contribution in [1.29, 1.82) is 0 Å². The minimum Gasteiger partial charge on any atom is -0.423 e. The standard InChI is InChI=1S/C19H23N3O4/c1-12(23)21-15-3-4-16-14(9-18(24)26-17(16)10-15)11-22-7-5-13(6-8-22)19(25)20-2/h3-4,9-10,13H,5-8,11H2,1-2H3,(H,20,25)(H,21,23). The number of anilines is 1. The topological polar surface area (TPSA) is 91.7 Å². The molecule has 2 amide bonds. The van der Waals surface area contributed by atoms with Crippen LogP contribution in [0.5, 0.6) is 0 Å². The van der Waals surface area contributed by atoms with E-state index in [9.17, 15) is 14.4 Å². The Labute approximate surface area is 151 Å². The number of amides is 2. The maximum absolute atomic E-state index is 11.9. The number of likely N-dealkylation sites (tertiary alicyclic amines) is 1. The lowest BCUT2D eigenvalue weighted by atomic mass is 9.95. The van der Waals surface area contributed by atoms with E-state index in [1.54, 1.807) is 19.2 Å². The number of carbonyl (C=O) groups excluding carboxylic acids is 2. The Hall–Kier alpha value is -2.67. The summed E-state index contributed by atoms with van der Waals surface area (Å²) in [6.07, 6.45) is 1.62. The SMILES string of the molecule is CNC(=O)C1CCN(Cc2cc(=O)oc3cc(NC(C)=O)ccc23)CC1. The lowest BCUT2D eigenvalue weighted by Crippen LogP contribution is -2.39. The molecule has 1 aliphatic heterocycles. The molecule has 1 fully saturated rings. The van der Waals surface area contributed by atoms with E-state index < -0.39 is 5.63 Å². The molecule has 2 heterocycles. The van der Waals surface area contributed by atoms with Gasteiger partial charge in [0.1, 0.15) is 5.58 Å². The Balaban J connectivity index is 1.79. The summed E-state index contributed by atoms with van der Waals surface area (Å²) < 4.78 is 5.30. The lowest BCUT2D eigenvalue weighted by Gasteiger charge is -2.31. The number of benzene rings is 1. The highest BCUT2D eigenvalue weighted by molar-refractivity contribution is 5.92. The summed E-state index contributed by atoms with van der Waals surface area (Å²) in [7, 11) is 1.67. The summed E-state index contributed by atoms with van der Waals surface area (Å²) >= 11 is 0. The first-order valence-electron chi connectivity index (χ1n) is 8.74. The zero-order chi connectivity index (χ0) is 18.7. The molecule has 1 aromatic carbocycles. The first-order valence-corrected chi connectivity index (χ1v) is 8.74. The monoisotopic (exact) mass is 357 g/mol. The number of nitrogens with zero attached hydrogens (tertiary/aromatic N) is 1. The molecule has 2 N–H and O–H groups in total. The van der Waals surface area contributed by atoms with Gasteiger partial charge in [-0.15, -0.1) is 0 Å². The van der Waals surface area contributed by atoms with Crippen LogP contribution in [0, 0.1) is 5.92 Å². The van der Waals surface area contributed by atoms with E-state index in [-0.39, 0.29) is 17.7 Å². The van der Waals surface area contributed by atoms with Crippen molar-refractivity contribution in [2.24, 2.45) is 5.92 Å². The van der Waals surface area contributed by atoms with Crippen molar-refractivity contribution in [3.63, 3.8) is 0 Å². The summed E-state index contributed by atoms with van der Waals surface area (Å²) in [6, 6.07) is 6.84. The molecule has 0 spiro atoms. The lowest BCUT2D eigenvalue weighted by molar-refractivity contribution is -0.126. The second kappa shape index (κ2) is 7.70. The van der Waals surface area contributed by atoms with Gasteiger partial charge in [-0.1, -0.05) is 0 Å². The van der Waals surface area contributed by atoms with Crippen molar-refractivity contribution < 1.29 is 14.0 Å². The maximum atomic E-state index is 11.9. The molecular formula is C19H23N3O4. The summed E-state index contributed by atoms with van der Waals surface area (Å²) in [5.41, 5.74) is 1.53. The van der Waals surface area contributed by atoms with Crippen molar-refractivity contribution in [3.8, 4) is 0 Å². The average molecular weight is 357 g/mol. The van der Waals surface area contributed by atoms with Gasteiger partial charge in [0.2, 0.25) is 11.8 Å². The molecule has 0 radical (unpaired) electrons. The fraction of sp³-hybridized carbons (Fsp3) is 0.421. The van der Waals surface area contributed by atoms with Gasteiger partial charge in [-0.3, -0.25) is 14.5 Å². The van der Waals surface area contributed by atoms with Gasteiger partial charge in [0, 0.05) is 49.6 Å². The van der Waals surface area contributed by atoms with Crippen LogP contribution in [0.3, 0.4) is 0 Å². The first kappa shape index (κ1) is 18.1. The van der Waals surface area contributed by atoms with Crippen LogP contribution in [0.1, 0.15) is 25.3 Å². The third kappa shape index (κ3) is 4.11. The molecule has 0 bridgehead atoms. The Bertz CT molecular complexity index is 882. The molecular weight excluding hydrogens is 334 g/mol. The predicted molar refractivity (Wildman–Crippen MR) is 98.9 cm³/mol. The van der Waals surface area contributed by atoms with Gasteiger partial charge in [0.15, 0.2) is 0 Å². The zero-order valence-corrected chi connectivity index (χ0v) is 15.0. The fourth-order valence-corrected chi connectivity index (χ4v) is 3.44. The van der Waals surface area contributed by atoms with Crippen LogP contribution in [0.25, 0.3) is 11.0 Å². The minimum absolute atomic E-state index is 0.0639. The van der Waals surface area contributed by atoms with Crippen LogP contribution in [-0.4, -0.2) is 36.9 Å². The summed E-state index contributed by atoms with van der Waals surface area (Å²) in [6.45, 7) is 3.68. The van der Waals surface area contributed by atoms with E-state index in [2.05, 4.69) is 15.5 Å². The third-order valence-electron chi connectivity index (χ3n) is 4.75. The number of hydrogen-bond donors (Lipinski definition) is 2. The smallest absolute Gasteiger partial charge is 0.336 e. The zero-order valence-electron chi connectivity index (χ0n) is 15.0. The molecule has 0 atom stereocenters. The number of fused-ring (bicyclic) bond motifs is 1. The van der Waals surface area contributed by atoms with Crippen molar-refractivity contribution in [3.05, 3.63) is 40.2 Å². The molecule has 26 heavy (non-hydrogen) atoms. The summed E-state index contributed by atoms with van der Waals surface area (Å²) in [4.78, 5) is 37.1. The van der Waals surface area contributed by atoms with Gasteiger partial charge in [-0.25, -0.2) is 4.79 Å². The van der Waals surface area contributed by atoms with Gasteiger partial charge in [0.05, 0.1) is 0 Å². The van der Waals surface area contributed by atoms with Crippen molar-refractivity contribution in [2.45, 2.75) is 26.3 Å². The van der Waals surface area contributed by atoms with Crippen LogP contribution in [0.4, 0.5) is 5.69 Å². The Morgan fingerprint density at radius 3 is 2.62 bits per heavy atom. The molecule has 0 saturated carbocycles. The molecule has 1 saturated heterocycles. The number of carbonyl (C=O) groups is 2. The van der Waals surface area contributed by atoms with E-state index in [1.165, 1.54) is 13.0 Å². The largest absolute Gasteiger partial charge is 0.423 e. The molecule has 7 nitrogen and oxygen atoms in total. The normalized spacial score (nSPS) is 15.8. The molecule has 138 valence electrons. The molecule has 3 rings (SSSR count). The summed E-state index contributed by atoms with van der Waals surface area (Å²) in [5.74, 6) is -0.0168. The fourth-order valence-electron chi connectivity index (χ4n) is 3.44. The van der Waals surface area contributed by atoms with Gasteiger partial charge in [0.25, 0.3) is 0 Å². The molecule has 0 unspecified atom stereocenters. The summed E-state index contributed by atoms with van der Waals surface area (Å²) in [5, 5.41) is 6.25. The van der Waals surface area contributed by atoms with Crippen LogP contribution in [0.15, 0.2) is 33.5 Å². The number of piperidine rings is 1. The predicted octanol–water partition coefficient (Wildman–Crippen LogP) is 1.71. The average Bonchev–Trinajstić information content (AvgIpc) is 2.60. The van der Waals surface area contributed by atoms with Crippen molar-refractivity contribution in [1.82, 2.24) is 10.2 Å². The number of hydrogen-bond acceptors (Lipinski definition) is 5. The van der Waals surface area contributed by atoms with Gasteiger partial charge in [-0.2, -0.15) is 0 Å². The van der Waals surface area contributed by atoms with Gasteiger partial charge in [-0.05, 0) is 43.6 Å². The van der Waals surface area contributed by atoms with E-state index in [0.29, 0.717) is 17.8 Å². The van der Waals surface area contributed by atoms with Crippen LogP contribution in [0.2, 0.25) is 0 Å². The highest BCUT2D eigenvalue weighted by atomic mass is 16.4. The minimum atomic E-state index is -0.410.